The molecule has 0 bridgehead atoms. The van der Waals surface area contributed by atoms with E-state index in [0.29, 0.717) is 0 Å². The van der Waals surface area contributed by atoms with Crippen LogP contribution in [0.2, 0.25) is 0 Å². The smallest absolute Gasteiger partial charge is 0.112 e. The molecule has 0 amide bonds. The molecule has 16 heavy (non-hydrogen) atoms. The van der Waals surface area contributed by atoms with Crippen LogP contribution in [-0.2, 0) is 7.05 Å². The molecule has 1 saturated heterocycles. The molecule has 0 saturated carbocycles. The second kappa shape index (κ2) is 3.47. The molecule has 84 valence electrons. The summed E-state index contributed by atoms with van der Waals surface area (Å²) in [5.74, 6) is 0.207. The van der Waals surface area contributed by atoms with Gasteiger partial charge in [0.2, 0.25) is 0 Å². The first kappa shape index (κ1) is 9.63. The van der Waals surface area contributed by atoms with Gasteiger partial charge < -0.3 is 9.47 Å². The minimum absolute atomic E-state index is 0.207. The molecule has 3 nitrogen and oxygen atoms in total. The number of para-hydroxylation sites is 1. The molecule has 2 aromatic rings. The van der Waals surface area contributed by atoms with Crippen LogP contribution in [0.3, 0.4) is 0 Å². The second-order valence-corrected chi connectivity index (χ2v) is 4.43. The third kappa shape index (κ3) is 1.29. The van der Waals surface area contributed by atoms with E-state index in [1.54, 1.807) is 0 Å². The number of fused-ring (bicyclic) bond motifs is 1. The molecule has 0 spiro atoms. The van der Waals surface area contributed by atoms with Crippen molar-refractivity contribution in [2.24, 2.45) is 13.0 Å². The van der Waals surface area contributed by atoms with Gasteiger partial charge in [-0.3, -0.25) is 4.39 Å². The van der Waals surface area contributed by atoms with Crippen molar-refractivity contribution in [2.45, 2.75) is 0 Å². The second-order valence-electron chi connectivity index (χ2n) is 4.43. The van der Waals surface area contributed by atoms with Gasteiger partial charge in [-0.15, -0.1) is 0 Å². The Morgan fingerprint density at radius 2 is 2.25 bits per heavy atom. The average molecular weight is 219 g/mol. The van der Waals surface area contributed by atoms with Crippen molar-refractivity contribution < 1.29 is 4.39 Å². The van der Waals surface area contributed by atoms with E-state index >= 15 is 0 Å². The van der Waals surface area contributed by atoms with Crippen LogP contribution in [0.1, 0.15) is 0 Å². The third-order valence-corrected chi connectivity index (χ3v) is 3.25. The quantitative estimate of drug-likeness (QED) is 0.770. The number of nitrogens with zero attached hydrogens (tertiary/aromatic N) is 3. The van der Waals surface area contributed by atoms with Gasteiger partial charge in [-0.25, -0.2) is 4.98 Å². The number of rotatable bonds is 2. The van der Waals surface area contributed by atoms with Crippen molar-refractivity contribution >= 4 is 16.7 Å². The number of hydrogen-bond donors (Lipinski definition) is 0. The Balaban J connectivity index is 1.98. The summed E-state index contributed by atoms with van der Waals surface area (Å²) in [6.07, 6.45) is 1.82. The van der Waals surface area contributed by atoms with Gasteiger partial charge in [0.05, 0.1) is 24.2 Å². The molecule has 0 atom stereocenters. The molecule has 0 unspecified atom stereocenters. The molecule has 0 radical (unpaired) electrons. The summed E-state index contributed by atoms with van der Waals surface area (Å²) in [5.41, 5.74) is 3.27. The first-order valence-electron chi connectivity index (χ1n) is 5.50. The third-order valence-electron chi connectivity index (χ3n) is 3.25. The normalized spacial score (nSPS) is 16.8. The minimum atomic E-state index is -0.214. The summed E-state index contributed by atoms with van der Waals surface area (Å²) in [5, 5.41) is 0. The predicted octanol–water partition coefficient (Wildman–Crippen LogP) is 1.98. The number of halogens is 1. The number of imidazole rings is 1. The van der Waals surface area contributed by atoms with E-state index < -0.39 is 0 Å². The van der Waals surface area contributed by atoms with Crippen LogP contribution in [0, 0.1) is 5.92 Å². The molecule has 0 aliphatic carbocycles. The van der Waals surface area contributed by atoms with Gasteiger partial charge in [0.25, 0.3) is 0 Å². The van der Waals surface area contributed by atoms with Crippen molar-refractivity contribution in [3.8, 4) is 0 Å². The fourth-order valence-corrected chi connectivity index (χ4v) is 2.26. The van der Waals surface area contributed by atoms with Crippen LogP contribution < -0.4 is 4.90 Å². The van der Waals surface area contributed by atoms with Crippen molar-refractivity contribution in [3.63, 3.8) is 0 Å². The van der Waals surface area contributed by atoms with E-state index in [9.17, 15) is 4.39 Å². The maximum absolute atomic E-state index is 12.4. The van der Waals surface area contributed by atoms with E-state index in [1.165, 1.54) is 0 Å². The molecular weight excluding hydrogens is 205 g/mol. The summed E-state index contributed by atoms with van der Waals surface area (Å²) in [7, 11) is 1.99. The summed E-state index contributed by atoms with van der Waals surface area (Å²) < 4.78 is 14.4. The first-order valence-corrected chi connectivity index (χ1v) is 5.50. The summed E-state index contributed by atoms with van der Waals surface area (Å²) in [4.78, 5) is 6.59. The highest BCUT2D eigenvalue weighted by atomic mass is 19.1. The molecular formula is C12H14FN3. The number of hydrogen-bond acceptors (Lipinski definition) is 2. The van der Waals surface area contributed by atoms with Gasteiger partial charge in [-0.1, -0.05) is 6.07 Å². The van der Waals surface area contributed by atoms with Gasteiger partial charge in [0.15, 0.2) is 0 Å². The molecule has 1 fully saturated rings. The van der Waals surface area contributed by atoms with E-state index in [2.05, 4.69) is 22.0 Å². The van der Waals surface area contributed by atoms with Crippen molar-refractivity contribution in [1.29, 1.82) is 0 Å². The van der Waals surface area contributed by atoms with Crippen LogP contribution in [0.4, 0.5) is 10.1 Å². The lowest BCUT2D eigenvalue weighted by Gasteiger charge is -2.39. The van der Waals surface area contributed by atoms with E-state index in [-0.39, 0.29) is 12.6 Å². The van der Waals surface area contributed by atoms with Crippen molar-refractivity contribution in [3.05, 3.63) is 24.5 Å². The lowest BCUT2D eigenvalue weighted by molar-refractivity contribution is 0.306. The zero-order chi connectivity index (χ0) is 11.1. The highest BCUT2D eigenvalue weighted by molar-refractivity contribution is 5.89. The molecule has 0 N–H and O–H groups in total. The van der Waals surface area contributed by atoms with Crippen LogP contribution in [0.15, 0.2) is 24.5 Å². The number of anilines is 1. The largest absolute Gasteiger partial charge is 0.369 e. The molecule has 2 heterocycles. The Labute approximate surface area is 93.5 Å². The van der Waals surface area contributed by atoms with Gasteiger partial charge in [-0.2, -0.15) is 0 Å². The highest BCUT2D eigenvalue weighted by Crippen LogP contribution is 2.30. The summed E-state index contributed by atoms with van der Waals surface area (Å²) in [6, 6.07) is 6.14. The molecule has 1 aromatic heterocycles. The molecule has 1 aliphatic rings. The van der Waals surface area contributed by atoms with Gasteiger partial charge in [0, 0.05) is 26.1 Å². The molecule has 4 heteroatoms. The topological polar surface area (TPSA) is 21.1 Å². The van der Waals surface area contributed by atoms with Gasteiger partial charge >= 0.3 is 0 Å². The Hall–Kier alpha value is -1.58. The van der Waals surface area contributed by atoms with Gasteiger partial charge in [-0.05, 0) is 12.1 Å². The molecule has 1 aliphatic heterocycles. The van der Waals surface area contributed by atoms with Crippen LogP contribution in [0.25, 0.3) is 11.0 Å². The lowest BCUT2D eigenvalue weighted by Crippen LogP contribution is -2.47. The molecule has 3 rings (SSSR count). The average Bonchev–Trinajstić information content (AvgIpc) is 2.60. The van der Waals surface area contributed by atoms with Crippen LogP contribution >= 0.6 is 0 Å². The maximum Gasteiger partial charge on any atom is 0.112 e. The highest BCUT2D eigenvalue weighted by Gasteiger charge is 2.28. The monoisotopic (exact) mass is 219 g/mol. The summed E-state index contributed by atoms with van der Waals surface area (Å²) >= 11 is 0. The standard InChI is InChI=1S/C12H14FN3/c1-15-8-14-12-10(15)3-2-4-11(12)16-6-9(5-13)7-16/h2-4,8-9H,5-7H2,1H3. The first-order chi connectivity index (χ1) is 7.79. The zero-order valence-corrected chi connectivity index (χ0v) is 9.23. The zero-order valence-electron chi connectivity index (χ0n) is 9.23. The Morgan fingerprint density at radius 1 is 1.44 bits per heavy atom. The van der Waals surface area contributed by atoms with Crippen LogP contribution in [0.5, 0.6) is 0 Å². The number of alkyl halides is 1. The van der Waals surface area contributed by atoms with E-state index in [1.807, 2.05) is 24.0 Å². The Bertz CT molecular complexity index is 514. The molecule has 1 aromatic carbocycles. The van der Waals surface area contributed by atoms with Crippen molar-refractivity contribution in [1.82, 2.24) is 9.55 Å². The van der Waals surface area contributed by atoms with E-state index in [4.69, 9.17) is 0 Å². The predicted molar refractivity (Wildman–Crippen MR) is 62.4 cm³/mol. The number of benzene rings is 1. The van der Waals surface area contributed by atoms with Crippen molar-refractivity contribution in [2.75, 3.05) is 24.7 Å². The van der Waals surface area contributed by atoms with E-state index in [0.717, 1.165) is 29.8 Å². The van der Waals surface area contributed by atoms with Crippen LogP contribution in [-0.4, -0.2) is 29.3 Å². The Morgan fingerprint density at radius 3 is 3.00 bits per heavy atom. The lowest BCUT2D eigenvalue weighted by atomic mass is 10.0. The minimum Gasteiger partial charge on any atom is -0.369 e. The fraction of sp³-hybridized carbons (Fsp3) is 0.417. The maximum atomic E-state index is 12.4. The SMILES string of the molecule is Cn1cnc2c(N3CC(CF)C3)cccc21. The van der Waals surface area contributed by atoms with Gasteiger partial charge in [0.1, 0.15) is 5.52 Å². The summed E-state index contributed by atoms with van der Waals surface area (Å²) in [6.45, 7) is 1.41. The Kier molecular flexibility index (Phi) is 2.09. The fourth-order valence-electron chi connectivity index (χ4n) is 2.26. The number of aromatic nitrogens is 2. The number of aryl methyl sites for hydroxylation is 1.